The van der Waals surface area contributed by atoms with E-state index in [1.807, 2.05) is 30.3 Å². The van der Waals surface area contributed by atoms with Crippen molar-refractivity contribution >= 4 is 16.7 Å². The highest BCUT2D eigenvalue weighted by atomic mass is 19.1. The standard InChI is InChI=1S/C23H19FN2O3/c1-3-14-5-4-6-15-11-17(8-9-18(14)15)29-21-10-7-16(12-19(21)23(27)28-2)20-13-25-26-22(20)24/h4-13H,3H2,1-2H3,(H,25,26). The Kier molecular flexibility index (Phi) is 4.99. The zero-order valence-corrected chi connectivity index (χ0v) is 16.0. The number of aryl methyl sites for hydroxylation is 1. The number of carbonyl (C=O) groups excluding carboxylic acids is 1. The summed E-state index contributed by atoms with van der Waals surface area (Å²) in [6.45, 7) is 2.12. The second-order valence-corrected chi connectivity index (χ2v) is 6.55. The van der Waals surface area contributed by atoms with Gasteiger partial charge in [0.05, 0.1) is 12.7 Å². The van der Waals surface area contributed by atoms with E-state index in [2.05, 4.69) is 23.2 Å². The number of nitrogens with zero attached hydrogens (tertiary/aromatic N) is 1. The lowest BCUT2D eigenvalue weighted by molar-refractivity contribution is 0.0598. The number of methoxy groups -OCH3 is 1. The van der Waals surface area contributed by atoms with Gasteiger partial charge in [-0.3, -0.25) is 5.10 Å². The topological polar surface area (TPSA) is 64.2 Å². The van der Waals surface area contributed by atoms with Crippen LogP contribution < -0.4 is 4.74 Å². The summed E-state index contributed by atoms with van der Waals surface area (Å²) in [4.78, 5) is 12.3. The zero-order chi connectivity index (χ0) is 20.4. The molecule has 0 atom stereocenters. The second kappa shape index (κ2) is 7.75. The lowest BCUT2D eigenvalue weighted by atomic mass is 10.0. The first-order chi connectivity index (χ1) is 14.1. The molecule has 0 bridgehead atoms. The fourth-order valence-corrected chi connectivity index (χ4v) is 3.36. The van der Waals surface area contributed by atoms with Crippen LogP contribution in [0.5, 0.6) is 11.5 Å². The molecule has 0 fully saturated rings. The molecule has 0 radical (unpaired) electrons. The minimum atomic E-state index is -0.643. The molecule has 0 aliphatic rings. The second-order valence-electron chi connectivity index (χ2n) is 6.55. The van der Waals surface area contributed by atoms with Gasteiger partial charge >= 0.3 is 5.97 Å². The number of aromatic nitrogens is 2. The zero-order valence-electron chi connectivity index (χ0n) is 16.0. The summed E-state index contributed by atoms with van der Waals surface area (Å²) in [5, 5.41) is 8.17. The quantitative estimate of drug-likeness (QED) is 0.456. The SMILES string of the molecule is CCc1cccc2cc(Oc3ccc(-c4c[nH]nc4F)cc3C(=O)OC)ccc12. The summed E-state index contributed by atoms with van der Waals surface area (Å²) < 4.78 is 24.7. The van der Waals surface area contributed by atoms with Crippen LogP contribution >= 0.6 is 0 Å². The van der Waals surface area contributed by atoms with Crippen LogP contribution in [0.2, 0.25) is 0 Å². The normalized spacial score (nSPS) is 10.9. The van der Waals surface area contributed by atoms with Crippen molar-refractivity contribution in [2.75, 3.05) is 7.11 Å². The number of fused-ring (bicyclic) bond motifs is 1. The largest absolute Gasteiger partial charge is 0.465 e. The van der Waals surface area contributed by atoms with Crippen LogP contribution in [0, 0.1) is 5.95 Å². The van der Waals surface area contributed by atoms with Gasteiger partial charge in [0.2, 0.25) is 5.95 Å². The summed E-state index contributed by atoms with van der Waals surface area (Å²) >= 11 is 0. The first-order valence-corrected chi connectivity index (χ1v) is 9.22. The van der Waals surface area contributed by atoms with E-state index in [4.69, 9.17) is 9.47 Å². The Morgan fingerprint density at radius 2 is 2.00 bits per heavy atom. The van der Waals surface area contributed by atoms with Crippen LogP contribution in [0.15, 0.2) is 60.8 Å². The number of esters is 1. The highest BCUT2D eigenvalue weighted by Crippen LogP contribution is 2.33. The van der Waals surface area contributed by atoms with Gasteiger partial charge in [0, 0.05) is 6.20 Å². The first-order valence-electron chi connectivity index (χ1n) is 9.22. The average Bonchev–Trinajstić information content (AvgIpc) is 3.18. The van der Waals surface area contributed by atoms with Gasteiger partial charge in [-0.25, -0.2) is 4.79 Å². The molecule has 0 aliphatic heterocycles. The molecule has 0 saturated heterocycles. The van der Waals surface area contributed by atoms with Gasteiger partial charge < -0.3 is 9.47 Å². The van der Waals surface area contributed by atoms with Crippen LogP contribution in [0.4, 0.5) is 4.39 Å². The smallest absolute Gasteiger partial charge is 0.341 e. The lowest BCUT2D eigenvalue weighted by Crippen LogP contribution is -2.04. The maximum atomic E-state index is 13.8. The molecule has 1 heterocycles. The van der Waals surface area contributed by atoms with Crippen molar-refractivity contribution in [2.24, 2.45) is 0 Å². The Labute approximate surface area is 167 Å². The molecule has 0 unspecified atom stereocenters. The van der Waals surface area contributed by atoms with E-state index >= 15 is 0 Å². The Morgan fingerprint density at radius 3 is 2.72 bits per heavy atom. The van der Waals surface area contributed by atoms with Crippen molar-refractivity contribution in [3.8, 4) is 22.6 Å². The fourth-order valence-electron chi connectivity index (χ4n) is 3.36. The van der Waals surface area contributed by atoms with Gasteiger partial charge in [-0.1, -0.05) is 37.3 Å². The fraction of sp³-hybridized carbons (Fsp3) is 0.130. The van der Waals surface area contributed by atoms with Crippen molar-refractivity contribution in [1.29, 1.82) is 0 Å². The molecule has 1 aromatic heterocycles. The summed E-state index contributed by atoms with van der Waals surface area (Å²) in [7, 11) is 1.29. The third-order valence-electron chi connectivity index (χ3n) is 4.84. The summed E-state index contributed by atoms with van der Waals surface area (Å²) in [5.74, 6) is -0.288. The molecule has 0 saturated carbocycles. The van der Waals surface area contributed by atoms with Crippen LogP contribution in [0.1, 0.15) is 22.8 Å². The van der Waals surface area contributed by atoms with Crippen molar-refractivity contribution in [1.82, 2.24) is 10.2 Å². The average molecular weight is 390 g/mol. The van der Waals surface area contributed by atoms with Crippen molar-refractivity contribution in [2.45, 2.75) is 13.3 Å². The van der Waals surface area contributed by atoms with Gasteiger partial charge in [-0.2, -0.15) is 4.39 Å². The van der Waals surface area contributed by atoms with Crippen molar-refractivity contribution in [3.63, 3.8) is 0 Å². The van der Waals surface area contributed by atoms with Gasteiger partial charge in [-0.05, 0) is 52.6 Å². The summed E-state index contributed by atoms with van der Waals surface area (Å²) in [6.07, 6.45) is 2.37. The number of halogens is 1. The molecule has 4 rings (SSSR count). The third kappa shape index (κ3) is 3.57. The molecule has 0 amide bonds. The Hall–Kier alpha value is -3.67. The number of hydrogen-bond acceptors (Lipinski definition) is 4. The number of carbonyl (C=O) groups is 1. The van der Waals surface area contributed by atoms with Gasteiger partial charge in [0.1, 0.15) is 17.1 Å². The third-order valence-corrected chi connectivity index (χ3v) is 4.84. The Bertz CT molecular complexity index is 1200. The predicted octanol–water partition coefficient (Wildman–Crippen LogP) is 5.51. The van der Waals surface area contributed by atoms with Gasteiger partial charge in [-0.15, -0.1) is 5.10 Å². The molecule has 29 heavy (non-hydrogen) atoms. The maximum Gasteiger partial charge on any atom is 0.341 e. The molecule has 0 spiro atoms. The van der Waals surface area contributed by atoms with Crippen molar-refractivity contribution in [3.05, 3.63) is 77.9 Å². The molecule has 4 aromatic rings. The number of ether oxygens (including phenoxy) is 2. The van der Waals surface area contributed by atoms with E-state index in [9.17, 15) is 9.18 Å². The summed E-state index contributed by atoms with van der Waals surface area (Å²) in [5.41, 5.74) is 2.22. The predicted molar refractivity (Wildman–Crippen MR) is 109 cm³/mol. The van der Waals surface area contributed by atoms with E-state index in [0.717, 1.165) is 11.8 Å². The lowest BCUT2D eigenvalue weighted by Gasteiger charge is -2.13. The van der Waals surface area contributed by atoms with E-state index < -0.39 is 11.9 Å². The Morgan fingerprint density at radius 1 is 1.14 bits per heavy atom. The van der Waals surface area contributed by atoms with Crippen molar-refractivity contribution < 1.29 is 18.7 Å². The minimum absolute atomic E-state index is 0.202. The molecule has 5 nitrogen and oxygen atoms in total. The van der Waals surface area contributed by atoms with E-state index in [1.165, 1.54) is 30.3 Å². The molecule has 1 N–H and O–H groups in total. The molecule has 6 heteroatoms. The number of hydrogen-bond donors (Lipinski definition) is 1. The van der Waals surface area contributed by atoms with E-state index in [1.54, 1.807) is 12.1 Å². The highest BCUT2D eigenvalue weighted by Gasteiger charge is 2.18. The maximum absolute atomic E-state index is 13.8. The van der Waals surface area contributed by atoms with Crippen LogP contribution in [0.25, 0.3) is 21.9 Å². The monoisotopic (exact) mass is 390 g/mol. The first kappa shape index (κ1) is 18.7. The number of benzene rings is 3. The van der Waals surface area contributed by atoms with Crippen LogP contribution in [-0.2, 0) is 11.2 Å². The Balaban J connectivity index is 1.74. The van der Waals surface area contributed by atoms with Gasteiger partial charge in [0.15, 0.2) is 0 Å². The number of H-pyrrole nitrogens is 1. The van der Waals surface area contributed by atoms with E-state index in [0.29, 0.717) is 17.1 Å². The molecule has 3 aromatic carbocycles. The number of rotatable bonds is 5. The summed E-state index contributed by atoms with van der Waals surface area (Å²) in [6, 6.07) is 16.8. The number of nitrogens with one attached hydrogen (secondary N) is 1. The molecular weight excluding hydrogens is 371 g/mol. The van der Waals surface area contributed by atoms with Crippen LogP contribution in [-0.4, -0.2) is 23.3 Å². The molecular formula is C23H19FN2O3. The molecule has 146 valence electrons. The van der Waals surface area contributed by atoms with Gasteiger partial charge in [0.25, 0.3) is 0 Å². The highest BCUT2D eigenvalue weighted by molar-refractivity contribution is 5.94. The minimum Gasteiger partial charge on any atom is -0.465 e. The van der Waals surface area contributed by atoms with Crippen LogP contribution in [0.3, 0.4) is 0 Å². The molecule has 0 aliphatic carbocycles. The number of aromatic amines is 1. The van der Waals surface area contributed by atoms with E-state index in [-0.39, 0.29) is 11.1 Å².